The van der Waals surface area contributed by atoms with Crippen LogP contribution in [-0.2, 0) is 24.2 Å². The molecule has 8 atom stereocenters. The molecule has 0 radical (unpaired) electrons. The first-order chi connectivity index (χ1) is 24.3. The monoisotopic (exact) mass is 735 g/mol. The van der Waals surface area contributed by atoms with Crippen molar-refractivity contribution in [2.24, 2.45) is 56.7 Å². The van der Waals surface area contributed by atoms with E-state index in [0.29, 0.717) is 50.6 Å². The summed E-state index contributed by atoms with van der Waals surface area (Å²) < 4.78 is 23.9. The molecule has 0 aromatic carbocycles. The largest absolute Gasteiger partial charge is 0.481 e. The SMILES string of the molecule is CC(C)C1=C2[C@H]3CC[C@@H]4[C@@]5(C)CC=C(C6=CCC(C(=O)O)CC6)C(C)(C)[C@@H]5CC[C@@]4(C)[C@]3(C)CC[C@@]2(C(=O)CCCN2CCS(=O)(=O)CC2)CC1=O. The zero-order valence-corrected chi connectivity index (χ0v) is 33.9. The quantitative estimate of drug-likeness (QED) is 0.267. The van der Waals surface area contributed by atoms with Crippen LogP contribution in [0.5, 0.6) is 0 Å². The van der Waals surface area contributed by atoms with E-state index in [1.807, 2.05) is 0 Å². The average molecular weight is 736 g/mol. The predicted molar refractivity (Wildman–Crippen MR) is 205 cm³/mol. The summed E-state index contributed by atoms with van der Waals surface area (Å²) in [5.41, 5.74) is 4.61. The number of fused-ring (bicyclic) bond motifs is 7. The van der Waals surface area contributed by atoms with Crippen molar-refractivity contribution in [2.45, 2.75) is 132 Å². The second-order valence-corrected chi connectivity index (χ2v) is 22.2. The van der Waals surface area contributed by atoms with E-state index in [2.05, 4.69) is 65.5 Å². The second kappa shape index (κ2) is 13.0. The number of sulfone groups is 1. The molecule has 7 aliphatic rings. The number of carbonyl (C=O) groups is 3. The molecular weight excluding hydrogens is 671 g/mol. The Kier molecular flexibility index (Phi) is 9.57. The molecule has 288 valence electrons. The number of carboxylic acids is 1. The zero-order chi connectivity index (χ0) is 37.6. The average Bonchev–Trinajstić information content (AvgIpc) is 3.39. The smallest absolute Gasteiger partial charge is 0.306 e. The third-order valence-corrected chi connectivity index (χ3v) is 18.6. The number of hydrogen-bond acceptors (Lipinski definition) is 6. The van der Waals surface area contributed by atoms with Crippen LogP contribution in [0.15, 0.2) is 34.4 Å². The summed E-state index contributed by atoms with van der Waals surface area (Å²) in [5, 5.41) is 9.60. The lowest BCUT2D eigenvalue weighted by Crippen LogP contribution is -2.64. The third-order valence-electron chi connectivity index (χ3n) is 17.0. The van der Waals surface area contributed by atoms with E-state index in [9.17, 15) is 27.9 Å². The van der Waals surface area contributed by atoms with Crippen molar-refractivity contribution in [2.75, 3.05) is 31.1 Å². The standard InChI is InChI=1S/C44H65NO6S/c1-28(2)37-33(46)27-44(36(47)9-8-22-45-23-25-52(50,51)26-24-45)21-20-42(6)32(38(37)44)14-15-35-41(5)18-16-31(29-10-12-30(13-11-29)39(48)49)40(3,4)34(41)17-19-43(35,42)7/h10,16,28,30,32,34-35H,8-9,11-15,17-27H2,1-7H3,(H,48,49)/t30?,32-,34+,35-,41+,42-,43-,44+/m1/s1. The molecular formula is C44H65NO6S. The molecule has 0 spiro atoms. The van der Waals surface area contributed by atoms with Gasteiger partial charge in [0.05, 0.1) is 22.8 Å². The van der Waals surface area contributed by atoms with Crippen molar-refractivity contribution in [3.63, 3.8) is 0 Å². The summed E-state index contributed by atoms with van der Waals surface area (Å²) in [6.07, 6.45) is 15.8. The van der Waals surface area contributed by atoms with E-state index < -0.39 is 21.2 Å². The van der Waals surface area contributed by atoms with E-state index in [1.165, 1.54) is 16.7 Å². The van der Waals surface area contributed by atoms with Gasteiger partial charge in [-0.25, -0.2) is 8.42 Å². The minimum Gasteiger partial charge on any atom is -0.481 e. The Morgan fingerprint density at radius 3 is 2.27 bits per heavy atom. The minimum atomic E-state index is -2.94. The Morgan fingerprint density at radius 2 is 1.63 bits per heavy atom. The van der Waals surface area contributed by atoms with Crippen LogP contribution in [0, 0.1) is 56.7 Å². The highest BCUT2D eigenvalue weighted by atomic mass is 32.2. The lowest BCUT2D eigenvalue weighted by Gasteiger charge is -2.71. The maximum Gasteiger partial charge on any atom is 0.306 e. The first kappa shape index (κ1) is 38.2. The molecule has 0 aromatic rings. The van der Waals surface area contributed by atoms with Gasteiger partial charge in [-0.05, 0) is 145 Å². The number of Topliss-reactive ketones (excluding diaryl/α,β-unsaturated/α-hetero) is 2. The maximum atomic E-state index is 14.6. The van der Waals surface area contributed by atoms with E-state index in [4.69, 9.17) is 0 Å². The van der Waals surface area contributed by atoms with Gasteiger partial charge in [-0.1, -0.05) is 60.6 Å². The van der Waals surface area contributed by atoms with Crippen LogP contribution in [0.1, 0.15) is 132 Å². The van der Waals surface area contributed by atoms with Gasteiger partial charge >= 0.3 is 5.97 Å². The van der Waals surface area contributed by atoms with Crippen molar-refractivity contribution < 1.29 is 27.9 Å². The number of allylic oxidation sites excluding steroid dienone is 6. The molecule has 1 N–H and O–H groups in total. The molecule has 0 amide bonds. The molecule has 0 aromatic heterocycles. The van der Waals surface area contributed by atoms with Gasteiger partial charge in [-0.2, -0.15) is 0 Å². The number of hydrogen-bond donors (Lipinski definition) is 1. The van der Waals surface area contributed by atoms with Gasteiger partial charge in [0, 0.05) is 25.9 Å². The number of carboxylic acid groups (broad SMARTS) is 1. The number of ketones is 2. The lowest BCUT2D eigenvalue weighted by molar-refractivity contribution is -0.199. The Balaban J connectivity index is 1.16. The molecule has 1 aliphatic heterocycles. The van der Waals surface area contributed by atoms with Crippen molar-refractivity contribution in [1.82, 2.24) is 4.90 Å². The topological polar surface area (TPSA) is 109 Å². The molecule has 7 rings (SSSR count). The fourth-order valence-corrected chi connectivity index (χ4v) is 15.4. The van der Waals surface area contributed by atoms with Crippen LogP contribution in [0.25, 0.3) is 0 Å². The summed E-state index contributed by atoms with van der Waals surface area (Å²) >= 11 is 0. The summed E-state index contributed by atoms with van der Waals surface area (Å²) in [6.45, 7) is 18.7. The molecule has 1 heterocycles. The Labute approximate surface area is 313 Å². The molecule has 1 saturated heterocycles. The summed E-state index contributed by atoms with van der Waals surface area (Å²) in [7, 11) is -2.94. The van der Waals surface area contributed by atoms with Crippen LogP contribution in [0.4, 0.5) is 0 Å². The minimum absolute atomic E-state index is 0.00105. The van der Waals surface area contributed by atoms with Crippen LogP contribution >= 0.6 is 0 Å². The fourth-order valence-electron chi connectivity index (χ4n) is 14.1. The summed E-state index contributed by atoms with van der Waals surface area (Å²) in [6, 6.07) is 0. The molecule has 3 saturated carbocycles. The highest BCUT2D eigenvalue weighted by molar-refractivity contribution is 7.91. The van der Waals surface area contributed by atoms with E-state index in [1.54, 1.807) is 0 Å². The lowest BCUT2D eigenvalue weighted by atomic mass is 9.33. The van der Waals surface area contributed by atoms with Crippen molar-refractivity contribution >= 4 is 27.4 Å². The van der Waals surface area contributed by atoms with Crippen LogP contribution in [0.3, 0.4) is 0 Å². The Hall–Kier alpha value is -2.06. The highest BCUT2D eigenvalue weighted by Gasteiger charge is 2.70. The number of carbonyl (C=O) groups excluding carboxylic acids is 2. The van der Waals surface area contributed by atoms with Gasteiger partial charge in [0.1, 0.15) is 5.78 Å². The van der Waals surface area contributed by atoms with Crippen LogP contribution in [0.2, 0.25) is 0 Å². The summed E-state index contributed by atoms with van der Waals surface area (Å²) in [4.78, 5) is 42.5. The van der Waals surface area contributed by atoms with Gasteiger partial charge < -0.3 is 10.0 Å². The first-order valence-corrected chi connectivity index (χ1v) is 22.5. The van der Waals surface area contributed by atoms with E-state index in [0.717, 1.165) is 69.9 Å². The van der Waals surface area contributed by atoms with Crippen molar-refractivity contribution in [3.8, 4) is 0 Å². The molecule has 4 fully saturated rings. The molecule has 8 heteroatoms. The van der Waals surface area contributed by atoms with Crippen molar-refractivity contribution in [3.05, 3.63) is 34.4 Å². The molecule has 1 unspecified atom stereocenters. The second-order valence-electron chi connectivity index (χ2n) is 19.9. The first-order valence-electron chi connectivity index (χ1n) is 20.7. The fraction of sp³-hybridized carbons (Fsp3) is 0.795. The Bertz CT molecular complexity index is 1720. The molecule has 7 nitrogen and oxygen atoms in total. The van der Waals surface area contributed by atoms with Gasteiger partial charge in [0.25, 0.3) is 0 Å². The summed E-state index contributed by atoms with van der Waals surface area (Å²) in [5.74, 6) is 1.33. The normalized spacial score (nSPS) is 41.3. The van der Waals surface area contributed by atoms with Gasteiger partial charge in [0.15, 0.2) is 15.6 Å². The van der Waals surface area contributed by atoms with E-state index >= 15 is 0 Å². The van der Waals surface area contributed by atoms with Gasteiger partial charge in [-0.3, -0.25) is 14.4 Å². The molecule has 0 bridgehead atoms. The van der Waals surface area contributed by atoms with Gasteiger partial charge in [-0.15, -0.1) is 0 Å². The van der Waals surface area contributed by atoms with Crippen molar-refractivity contribution in [1.29, 1.82) is 0 Å². The zero-order valence-electron chi connectivity index (χ0n) is 33.1. The predicted octanol–water partition coefficient (Wildman–Crippen LogP) is 8.39. The third kappa shape index (κ3) is 5.72. The number of aliphatic carboxylic acids is 1. The van der Waals surface area contributed by atoms with E-state index in [-0.39, 0.29) is 62.5 Å². The molecule has 52 heavy (non-hydrogen) atoms. The Morgan fingerprint density at radius 1 is 0.923 bits per heavy atom. The van der Waals surface area contributed by atoms with Gasteiger partial charge in [0.2, 0.25) is 0 Å². The highest BCUT2D eigenvalue weighted by Crippen LogP contribution is 2.77. The number of rotatable bonds is 8. The maximum absolute atomic E-state index is 14.6. The van der Waals surface area contributed by atoms with Crippen LogP contribution < -0.4 is 0 Å². The number of nitrogens with zero attached hydrogens (tertiary/aromatic N) is 1. The van der Waals surface area contributed by atoms with Crippen LogP contribution in [-0.4, -0.2) is 67.1 Å². The molecule has 6 aliphatic carbocycles.